The molecule has 2 aliphatic heterocycles. The summed E-state index contributed by atoms with van der Waals surface area (Å²) >= 11 is 0. The molecule has 0 amide bonds. The van der Waals surface area contributed by atoms with Gasteiger partial charge in [0, 0.05) is 18.9 Å². The van der Waals surface area contributed by atoms with Crippen LogP contribution in [-0.2, 0) is 11.2 Å². The van der Waals surface area contributed by atoms with Gasteiger partial charge in [0.25, 0.3) is 0 Å². The van der Waals surface area contributed by atoms with E-state index in [1.54, 1.807) is 0 Å². The molecule has 2 fully saturated rings. The number of aliphatic hydroxyl groups excluding tert-OH is 2. The highest BCUT2D eigenvalue weighted by atomic mass is 16.5. The predicted molar refractivity (Wildman–Crippen MR) is 105 cm³/mol. The summed E-state index contributed by atoms with van der Waals surface area (Å²) in [6.45, 7) is 0.318. The number of fused-ring (bicyclic) bond motifs is 2. The molecule has 3 nitrogen and oxygen atoms in total. The van der Waals surface area contributed by atoms with Gasteiger partial charge in [-0.15, -0.1) is 0 Å². The van der Waals surface area contributed by atoms with Crippen molar-refractivity contribution in [2.45, 2.75) is 76.1 Å². The minimum atomic E-state index is -0.421. The van der Waals surface area contributed by atoms with Gasteiger partial charge >= 0.3 is 0 Å². The fourth-order valence-corrected chi connectivity index (χ4v) is 4.66. The summed E-state index contributed by atoms with van der Waals surface area (Å²) in [7, 11) is 0. The van der Waals surface area contributed by atoms with Crippen molar-refractivity contribution in [3.63, 3.8) is 0 Å². The topological polar surface area (TPSA) is 49.7 Å². The number of aliphatic hydroxyl groups is 2. The van der Waals surface area contributed by atoms with Crippen molar-refractivity contribution in [1.82, 2.24) is 0 Å². The monoisotopic (exact) mass is 358 g/mol. The second kappa shape index (κ2) is 10.2. The first-order chi connectivity index (χ1) is 12.8. The van der Waals surface area contributed by atoms with E-state index in [4.69, 9.17) is 9.84 Å². The van der Waals surface area contributed by atoms with Gasteiger partial charge < -0.3 is 14.9 Å². The molecule has 2 N–H and O–H groups in total. The highest BCUT2D eigenvalue weighted by Crippen LogP contribution is 2.46. The van der Waals surface area contributed by atoms with Crippen molar-refractivity contribution in [2.75, 3.05) is 6.61 Å². The van der Waals surface area contributed by atoms with Gasteiger partial charge in [0.05, 0.1) is 18.3 Å². The molecule has 3 heteroatoms. The summed E-state index contributed by atoms with van der Waals surface area (Å²) in [5.41, 5.74) is 1.17. The number of hydrogen-bond acceptors (Lipinski definition) is 3. The lowest BCUT2D eigenvalue weighted by Gasteiger charge is -2.26. The van der Waals surface area contributed by atoms with E-state index in [9.17, 15) is 5.11 Å². The first-order valence-electron chi connectivity index (χ1n) is 10.4. The SMILES string of the molecule is OCCCCCCC[C@@H]1[C@H](C=CC(O)Cc2ccccc2)[C@@H]2CC[C@H]1O2. The minimum Gasteiger partial charge on any atom is -0.396 e. The smallest absolute Gasteiger partial charge is 0.0761 e. The van der Waals surface area contributed by atoms with Crippen LogP contribution in [-0.4, -0.2) is 35.1 Å². The summed E-state index contributed by atoms with van der Waals surface area (Å²) in [5.74, 6) is 1.09. The molecular formula is C23H34O3. The van der Waals surface area contributed by atoms with Crippen molar-refractivity contribution < 1.29 is 14.9 Å². The van der Waals surface area contributed by atoms with Crippen molar-refractivity contribution in [3.8, 4) is 0 Å². The Kier molecular flexibility index (Phi) is 7.72. The van der Waals surface area contributed by atoms with Gasteiger partial charge in [-0.2, -0.15) is 0 Å². The number of benzene rings is 1. The third kappa shape index (κ3) is 5.42. The third-order valence-corrected chi connectivity index (χ3v) is 6.03. The van der Waals surface area contributed by atoms with Crippen LogP contribution in [0.1, 0.15) is 56.9 Å². The van der Waals surface area contributed by atoms with Crippen LogP contribution < -0.4 is 0 Å². The molecule has 0 aromatic heterocycles. The molecule has 1 unspecified atom stereocenters. The van der Waals surface area contributed by atoms with Gasteiger partial charge in [0.15, 0.2) is 0 Å². The van der Waals surface area contributed by atoms with Gasteiger partial charge in [-0.05, 0) is 37.2 Å². The number of ether oxygens (including phenoxy) is 1. The minimum absolute atomic E-state index is 0.318. The quantitative estimate of drug-likeness (QED) is 0.459. The molecule has 1 aromatic rings. The maximum atomic E-state index is 10.4. The lowest BCUT2D eigenvalue weighted by atomic mass is 9.76. The molecule has 2 bridgehead atoms. The molecule has 0 spiro atoms. The number of hydrogen-bond donors (Lipinski definition) is 2. The van der Waals surface area contributed by atoms with Gasteiger partial charge in [-0.25, -0.2) is 0 Å². The lowest BCUT2D eigenvalue weighted by Crippen LogP contribution is -2.26. The van der Waals surface area contributed by atoms with Crippen LogP contribution in [0.25, 0.3) is 0 Å². The Labute approximate surface area is 158 Å². The maximum absolute atomic E-state index is 10.4. The molecule has 1 aromatic carbocycles. The van der Waals surface area contributed by atoms with Crippen molar-refractivity contribution in [3.05, 3.63) is 48.0 Å². The fourth-order valence-electron chi connectivity index (χ4n) is 4.66. The molecule has 3 rings (SSSR count). The first-order valence-corrected chi connectivity index (χ1v) is 10.4. The van der Waals surface area contributed by atoms with Crippen LogP contribution >= 0.6 is 0 Å². The molecular weight excluding hydrogens is 324 g/mol. The lowest BCUT2D eigenvalue weighted by molar-refractivity contribution is 0.0884. The van der Waals surface area contributed by atoms with Crippen LogP contribution in [0.15, 0.2) is 42.5 Å². The van der Waals surface area contributed by atoms with Gasteiger partial charge in [0.2, 0.25) is 0 Å². The summed E-state index contributed by atoms with van der Waals surface area (Å²) in [6.07, 6.45) is 14.7. The zero-order valence-corrected chi connectivity index (χ0v) is 15.8. The molecule has 0 radical (unpaired) electrons. The number of rotatable bonds is 11. The third-order valence-electron chi connectivity index (χ3n) is 6.03. The van der Waals surface area contributed by atoms with E-state index in [0.29, 0.717) is 37.1 Å². The molecule has 2 heterocycles. The van der Waals surface area contributed by atoms with E-state index in [0.717, 1.165) is 12.8 Å². The average Bonchev–Trinajstić information content (AvgIpc) is 3.25. The predicted octanol–water partition coefficient (Wildman–Crippen LogP) is 4.27. The van der Waals surface area contributed by atoms with E-state index in [1.165, 1.54) is 44.1 Å². The first kappa shape index (κ1) is 19.6. The van der Waals surface area contributed by atoms with Crippen LogP contribution in [0.2, 0.25) is 0 Å². The second-order valence-electron chi connectivity index (χ2n) is 7.95. The van der Waals surface area contributed by atoms with E-state index in [1.807, 2.05) is 24.3 Å². The zero-order valence-electron chi connectivity index (χ0n) is 15.8. The summed E-state index contributed by atoms with van der Waals surface area (Å²) in [4.78, 5) is 0. The standard InChI is InChI=1S/C23H34O3/c24-16-8-3-1-2-7-11-20-21(23-15-14-22(20)26-23)13-12-19(25)17-18-9-5-4-6-10-18/h4-6,9-10,12-13,19-25H,1-3,7-8,11,14-17H2/t19?,20-,21+,22-,23+/m1/s1. The van der Waals surface area contributed by atoms with E-state index >= 15 is 0 Å². The Morgan fingerprint density at radius 2 is 1.73 bits per heavy atom. The Balaban J connectivity index is 1.47. The molecule has 2 aliphatic rings. The van der Waals surface area contributed by atoms with Crippen LogP contribution in [0.4, 0.5) is 0 Å². The van der Waals surface area contributed by atoms with Crippen LogP contribution in [0, 0.1) is 11.8 Å². The van der Waals surface area contributed by atoms with E-state index in [-0.39, 0.29) is 0 Å². The summed E-state index contributed by atoms with van der Waals surface area (Å²) in [5, 5.41) is 19.2. The van der Waals surface area contributed by atoms with Gasteiger partial charge in [0.1, 0.15) is 0 Å². The molecule has 2 saturated heterocycles. The second-order valence-corrected chi connectivity index (χ2v) is 7.95. The van der Waals surface area contributed by atoms with Gasteiger partial charge in [-0.3, -0.25) is 0 Å². The largest absolute Gasteiger partial charge is 0.396 e. The molecule has 0 saturated carbocycles. The highest BCUT2D eigenvalue weighted by Gasteiger charge is 2.46. The Morgan fingerprint density at radius 3 is 2.54 bits per heavy atom. The zero-order chi connectivity index (χ0) is 18.2. The Morgan fingerprint density at radius 1 is 1.00 bits per heavy atom. The Bertz CT molecular complexity index is 542. The molecule has 5 atom stereocenters. The van der Waals surface area contributed by atoms with E-state index < -0.39 is 6.10 Å². The highest BCUT2D eigenvalue weighted by molar-refractivity contribution is 5.17. The molecule has 26 heavy (non-hydrogen) atoms. The van der Waals surface area contributed by atoms with Crippen LogP contribution in [0.5, 0.6) is 0 Å². The van der Waals surface area contributed by atoms with Crippen molar-refractivity contribution in [2.24, 2.45) is 11.8 Å². The van der Waals surface area contributed by atoms with Crippen molar-refractivity contribution in [1.29, 1.82) is 0 Å². The van der Waals surface area contributed by atoms with Gasteiger partial charge in [-0.1, -0.05) is 68.2 Å². The molecule has 0 aliphatic carbocycles. The summed E-state index contributed by atoms with van der Waals surface area (Å²) < 4.78 is 6.18. The maximum Gasteiger partial charge on any atom is 0.0761 e. The average molecular weight is 359 g/mol. The normalized spacial score (nSPS) is 28.8. The number of unbranched alkanes of at least 4 members (excludes halogenated alkanes) is 4. The van der Waals surface area contributed by atoms with E-state index in [2.05, 4.69) is 18.2 Å². The van der Waals surface area contributed by atoms with Crippen LogP contribution in [0.3, 0.4) is 0 Å². The fraction of sp³-hybridized carbons (Fsp3) is 0.652. The van der Waals surface area contributed by atoms with Crippen molar-refractivity contribution >= 4 is 0 Å². The Hall–Kier alpha value is -1.16. The summed E-state index contributed by atoms with van der Waals surface area (Å²) in [6, 6.07) is 10.2. The molecule has 144 valence electrons.